The van der Waals surface area contributed by atoms with E-state index in [1.807, 2.05) is 30.3 Å². The van der Waals surface area contributed by atoms with Crippen molar-refractivity contribution in [3.05, 3.63) is 59.3 Å². The van der Waals surface area contributed by atoms with Gasteiger partial charge in [0.05, 0.1) is 5.52 Å². The highest BCUT2D eigenvalue weighted by Gasteiger charge is 2.09. The van der Waals surface area contributed by atoms with Crippen LogP contribution in [0.5, 0.6) is 0 Å². The number of rotatable bonds is 1. The minimum absolute atomic E-state index is 0.276. The maximum atomic E-state index is 11.9. The van der Waals surface area contributed by atoms with Crippen LogP contribution in [-0.4, -0.2) is 19.6 Å². The topological polar surface area (TPSA) is 89.1 Å². The lowest BCUT2D eigenvalue weighted by molar-refractivity contribution is 1.04. The first-order chi connectivity index (χ1) is 10.2. The van der Waals surface area contributed by atoms with Gasteiger partial charge < -0.3 is 5.73 Å². The van der Waals surface area contributed by atoms with Gasteiger partial charge in [0, 0.05) is 29.5 Å². The predicted molar refractivity (Wildman–Crippen MR) is 81.0 cm³/mol. The van der Waals surface area contributed by atoms with Crippen molar-refractivity contribution in [1.82, 2.24) is 19.6 Å². The molecule has 0 aliphatic carbocycles. The summed E-state index contributed by atoms with van der Waals surface area (Å²) in [6.07, 6.45) is 3.47. The molecule has 102 valence electrons. The van der Waals surface area contributed by atoms with Crippen LogP contribution in [0.3, 0.4) is 0 Å². The van der Waals surface area contributed by atoms with Gasteiger partial charge in [0.1, 0.15) is 0 Å². The molecule has 3 heterocycles. The zero-order valence-corrected chi connectivity index (χ0v) is 10.9. The summed E-state index contributed by atoms with van der Waals surface area (Å²) in [6, 6.07) is 11.4. The molecule has 0 saturated heterocycles. The van der Waals surface area contributed by atoms with E-state index >= 15 is 0 Å². The minimum atomic E-state index is -0.276. The molecule has 0 saturated carbocycles. The number of nitrogens with two attached hydrogens (primary N) is 1. The van der Waals surface area contributed by atoms with Crippen molar-refractivity contribution in [2.24, 2.45) is 0 Å². The molecule has 1 aromatic carbocycles. The van der Waals surface area contributed by atoms with Gasteiger partial charge in [-0.2, -0.15) is 5.10 Å². The second-order valence-corrected chi connectivity index (χ2v) is 4.79. The van der Waals surface area contributed by atoms with Crippen LogP contribution in [0.15, 0.2) is 53.6 Å². The van der Waals surface area contributed by atoms with Gasteiger partial charge in [0.2, 0.25) is 0 Å². The number of pyridine rings is 2. The first-order valence-corrected chi connectivity index (χ1v) is 6.44. The Labute approximate surface area is 118 Å². The van der Waals surface area contributed by atoms with Crippen LogP contribution in [0.2, 0.25) is 0 Å². The van der Waals surface area contributed by atoms with E-state index in [1.54, 1.807) is 18.5 Å². The highest BCUT2D eigenvalue weighted by molar-refractivity contribution is 5.95. The first kappa shape index (κ1) is 11.7. The van der Waals surface area contributed by atoms with Gasteiger partial charge in [-0.15, -0.1) is 0 Å². The number of anilines is 1. The summed E-state index contributed by atoms with van der Waals surface area (Å²) >= 11 is 0. The average Bonchev–Trinajstić information content (AvgIpc) is 2.89. The fourth-order valence-corrected chi connectivity index (χ4v) is 2.54. The third-order valence-corrected chi connectivity index (χ3v) is 3.55. The van der Waals surface area contributed by atoms with Gasteiger partial charge >= 0.3 is 5.69 Å². The van der Waals surface area contributed by atoms with Gasteiger partial charge in [-0.05, 0) is 29.3 Å². The van der Waals surface area contributed by atoms with Crippen molar-refractivity contribution in [2.75, 3.05) is 5.73 Å². The third kappa shape index (κ3) is 1.69. The molecule has 0 spiro atoms. The molecule has 4 aromatic rings. The normalized spacial score (nSPS) is 11.2. The molecule has 6 nitrogen and oxygen atoms in total. The zero-order valence-electron chi connectivity index (χ0n) is 10.9. The Morgan fingerprint density at radius 3 is 2.67 bits per heavy atom. The quantitative estimate of drug-likeness (QED) is 0.555. The Bertz CT molecular complexity index is 1020. The van der Waals surface area contributed by atoms with Crippen molar-refractivity contribution in [1.29, 1.82) is 0 Å². The number of nitrogen functional groups attached to an aromatic ring is 1. The summed E-state index contributed by atoms with van der Waals surface area (Å²) in [5.74, 6) is 0. The molecular weight excluding hydrogens is 266 g/mol. The monoisotopic (exact) mass is 277 g/mol. The summed E-state index contributed by atoms with van der Waals surface area (Å²) < 4.78 is 1.52. The summed E-state index contributed by atoms with van der Waals surface area (Å²) in [5.41, 5.74) is 9.62. The smallest absolute Gasteiger partial charge is 0.348 e. The zero-order chi connectivity index (χ0) is 14.4. The Morgan fingerprint density at radius 2 is 1.86 bits per heavy atom. The van der Waals surface area contributed by atoms with Crippen LogP contribution in [-0.2, 0) is 0 Å². The molecule has 0 unspecified atom stereocenters. The molecule has 21 heavy (non-hydrogen) atoms. The number of hydrogen-bond acceptors (Lipinski definition) is 4. The lowest BCUT2D eigenvalue weighted by atomic mass is 10.0. The summed E-state index contributed by atoms with van der Waals surface area (Å²) in [6.45, 7) is 0. The lowest BCUT2D eigenvalue weighted by Gasteiger charge is -2.07. The molecule has 6 heteroatoms. The van der Waals surface area contributed by atoms with Crippen LogP contribution in [0.1, 0.15) is 0 Å². The molecule has 0 amide bonds. The number of fused-ring (bicyclic) bond motifs is 3. The van der Waals surface area contributed by atoms with E-state index < -0.39 is 0 Å². The predicted octanol–water partition coefficient (Wildman–Crippen LogP) is 1.82. The van der Waals surface area contributed by atoms with Crippen molar-refractivity contribution >= 4 is 22.2 Å². The second kappa shape index (κ2) is 4.17. The van der Waals surface area contributed by atoms with Gasteiger partial charge in [-0.25, -0.2) is 14.3 Å². The number of aromatic amines is 1. The SMILES string of the molecule is Nc1cc2n[nH]c(=O)n2c2cc(-c3ccncc3)ccc12. The van der Waals surface area contributed by atoms with Crippen LogP contribution in [0.4, 0.5) is 5.69 Å². The summed E-state index contributed by atoms with van der Waals surface area (Å²) in [7, 11) is 0. The number of H-pyrrole nitrogens is 1. The van der Waals surface area contributed by atoms with E-state index in [2.05, 4.69) is 15.2 Å². The van der Waals surface area contributed by atoms with E-state index in [-0.39, 0.29) is 5.69 Å². The highest BCUT2D eigenvalue weighted by atomic mass is 16.1. The Morgan fingerprint density at radius 1 is 1.05 bits per heavy atom. The minimum Gasteiger partial charge on any atom is -0.398 e. The molecule has 0 atom stereocenters. The van der Waals surface area contributed by atoms with Crippen molar-refractivity contribution < 1.29 is 0 Å². The van der Waals surface area contributed by atoms with Crippen LogP contribution in [0.25, 0.3) is 27.7 Å². The molecule has 0 radical (unpaired) electrons. The maximum Gasteiger partial charge on any atom is 0.348 e. The molecule has 0 aliphatic heterocycles. The fourth-order valence-electron chi connectivity index (χ4n) is 2.54. The van der Waals surface area contributed by atoms with E-state index in [0.717, 1.165) is 22.0 Å². The van der Waals surface area contributed by atoms with Gasteiger partial charge in [-0.1, -0.05) is 12.1 Å². The molecule has 0 aliphatic rings. The average molecular weight is 277 g/mol. The number of nitrogens with zero attached hydrogens (tertiary/aromatic N) is 3. The maximum absolute atomic E-state index is 11.9. The molecule has 0 bridgehead atoms. The van der Waals surface area contributed by atoms with Crippen LogP contribution >= 0.6 is 0 Å². The first-order valence-electron chi connectivity index (χ1n) is 6.44. The second-order valence-electron chi connectivity index (χ2n) is 4.79. The molecule has 4 rings (SSSR count). The largest absolute Gasteiger partial charge is 0.398 e. The Hall–Kier alpha value is -3.15. The number of hydrogen-bond donors (Lipinski definition) is 2. The Balaban J connectivity index is 2.13. The van der Waals surface area contributed by atoms with E-state index in [9.17, 15) is 4.79 Å². The molecular formula is C15H11N5O. The molecule has 3 N–H and O–H groups in total. The summed E-state index contributed by atoms with van der Waals surface area (Å²) in [4.78, 5) is 16.0. The number of benzene rings is 1. The standard InChI is InChI=1S/C15H11N5O/c16-12-8-14-18-19-15(21)20(14)13-7-10(1-2-11(12)13)9-3-5-17-6-4-9/h1-8H,16H2,(H,19,21). The number of nitrogens with one attached hydrogen (secondary N) is 1. The highest BCUT2D eigenvalue weighted by Crippen LogP contribution is 2.27. The van der Waals surface area contributed by atoms with Crippen molar-refractivity contribution in [3.8, 4) is 11.1 Å². The third-order valence-electron chi connectivity index (χ3n) is 3.55. The van der Waals surface area contributed by atoms with E-state index in [0.29, 0.717) is 11.3 Å². The summed E-state index contributed by atoms with van der Waals surface area (Å²) in [5, 5.41) is 7.24. The van der Waals surface area contributed by atoms with Gasteiger partial charge in [0.15, 0.2) is 5.65 Å². The molecule has 3 aromatic heterocycles. The van der Waals surface area contributed by atoms with Gasteiger partial charge in [0.25, 0.3) is 0 Å². The van der Waals surface area contributed by atoms with Gasteiger partial charge in [-0.3, -0.25) is 4.98 Å². The lowest BCUT2D eigenvalue weighted by Crippen LogP contribution is -2.10. The van der Waals surface area contributed by atoms with Crippen molar-refractivity contribution in [3.63, 3.8) is 0 Å². The Kier molecular flexibility index (Phi) is 2.32. The van der Waals surface area contributed by atoms with Crippen LogP contribution in [0, 0.1) is 0 Å². The number of aromatic nitrogens is 4. The van der Waals surface area contributed by atoms with E-state index in [4.69, 9.17) is 5.73 Å². The van der Waals surface area contributed by atoms with Crippen molar-refractivity contribution in [2.45, 2.75) is 0 Å². The molecule has 0 fully saturated rings. The van der Waals surface area contributed by atoms with Crippen LogP contribution < -0.4 is 11.4 Å². The fraction of sp³-hybridized carbons (Fsp3) is 0. The van der Waals surface area contributed by atoms with E-state index in [1.165, 1.54) is 4.40 Å².